The molecule has 1 aromatic heterocycles. The second-order valence-corrected chi connectivity index (χ2v) is 7.01. The smallest absolute Gasteiger partial charge is 0.254 e. The van der Waals surface area contributed by atoms with Crippen LogP contribution in [0.25, 0.3) is 11.0 Å². The summed E-state index contributed by atoms with van der Waals surface area (Å²) < 4.78 is 1.93. The predicted molar refractivity (Wildman–Crippen MR) is 104 cm³/mol. The van der Waals surface area contributed by atoms with Gasteiger partial charge in [-0.3, -0.25) is 9.59 Å². The Labute approximate surface area is 158 Å². The van der Waals surface area contributed by atoms with Crippen LogP contribution in [0.2, 0.25) is 0 Å². The highest BCUT2D eigenvalue weighted by Gasteiger charge is 2.25. The van der Waals surface area contributed by atoms with Crippen molar-refractivity contribution < 1.29 is 9.59 Å². The van der Waals surface area contributed by atoms with Crippen LogP contribution < -0.4 is 0 Å². The van der Waals surface area contributed by atoms with Crippen molar-refractivity contribution in [2.45, 2.75) is 6.92 Å². The standard InChI is InChI=1S/C21H22N4O2/c1-15-4-3-5-16(12-15)20(26)24-8-10-25(11-9-24)21(27)17-6-7-19-18(13-17)22-14-23(19)2/h3-7,12-14H,8-11H2,1-2H3. The number of aromatic nitrogens is 2. The van der Waals surface area contributed by atoms with Crippen molar-refractivity contribution in [3.63, 3.8) is 0 Å². The van der Waals surface area contributed by atoms with Gasteiger partial charge in [0.05, 0.1) is 17.4 Å². The number of imidazole rings is 1. The van der Waals surface area contributed by atoms with E-state index in [2.05, 4.69) is 4.98 Å². The third kappa shape index (κ3) is 3.30. The molecule has 0 spiro atoms. The van der Waals surface area contributed by atoms with Crippen LogP contribution in [0.4, 0.5) is 0 Å². The molecule has 0 atom stereocenters. The number of amides is 2. The average Bonchev–Trinajstić information content (AvgIpc) is 3.07. The van der Waals surface area contributed by atoms with Gasteiger partial charge in [0.1, 0.15) is 0 Å². The summed E-state index contributed by atoms with van der Waals surface area (Å²) in [6.07, 6.45) is 1.74. The number of benzene rings is 2. The van der Waals surface area contributed by atoms with Crippen LogP contribution in [0.15, 0.2) is 48.8 Å². The van der Waals surface area contributed by atoms with Gasteiger partial charge in [-0.25, -0.2) is 4.98 Å². The Kier molecular flexibility index (Phi) is 4.39. The minimum Gasteiger partial charge on any atom is -0.335 e. The molecular weight excluding hydrogens is 340 g/mol. The van der Waals surface area contributed by atoms with Gasteiger partial charge in [0.2, 0.25) is 0 Å². The Bertz CT molecular complexity index is 1020. The van der Waals surface area contributed by atoms with Crippen LogP contribution >= 0.6 is 0 Å². The monoisotopic (exact) mass is 362 g/mol. The van der Waals surface area contributed by atoms with Crippen molar-refractivity contribution in [3.8, 4) is 0 Å². The Balaban J connectivity index is 1.43. The van der Waals surface area contributed by atoms with Gasteiger partial charge in [-0.1, -0.05) is 17.7 Å². The number of hydrogen-bond donors (Lipinski definition) is 0. The molecule has 1 saturated heterocycles. The van der Waals surface area contributed by atoms with Gasteiger partial charge < -0.3 is 14.4 Å². The maximum atomic E-state index is 12.8. The zero-order chi connectivity index (χ0) is 19.0. The van der Waals surface area contributed by atoms with E-state index in [1.807, 2.05) is 70.8 Å². The van der Waals surface area contributed by atoms with Crippen molar-refractivity contribution in [1.29, 1.82) is 0 Å². The first-order valence-corrected chi connectivity index (χ1v) is 9.09. The van der Waals surface area contributed by atoms with Crippen molar-refractivity contribution in [2.24, 2.45) is 7.05 Å². The Hall–Kier alpha value is -3.15. The molecule has 0 saturated carbocycles. The molecule has 2 amide bonds. The van der Waals surface area contributed by atoms with Gasteiger partial charge in [-0.2, -0.15) is 0 Å². The van der Waals surface area contributed by atoms with E-state index in [9.17, 15) is 9.59 Å². The van der Waals surface area contributed by atoms with Crippen molar-refractivity contribution >= 4 is 22.8 Å². The minimum atomic E-state index is -0.00907. The number of aryl methyl sites for hydroxylation is 2. The van der Waals surface area contributed by atoms with Crippen molar-refractivity contribution in [3.05, 3.63) is 65.5 Å². The maximum absolute atomic E-state index is 12.8. The first-order chi connectivity index (χ1) is 13.0. The first-order valence-electron chi connectivity index (χ1n) is 9.09. The fourth-order valence-electron chi connectivity index (χ4n) is 3.53. The molecule has 4 rings (SSSR count). The maximum Gasteiger partial charge on any atom is 0.254 e. The SMILES string of the molecule is Cc1cccc(C(=O)N2CCN(C(=O)c3ccc4c(c3)ncn4C)CC2)c1. The number of hydrogen-bond acceptors (Lipinski definition) is 3. The van der Waals surface area contributed by atoms with E-state index in [0.717, 1.165) is 16.6 Å². The lowest BCUT2D eigenvalue weighted by Gasteiger charge is -2.35. The van der Waals surface area contributed by atoms with Gasteiger partial charge >= 0.3 is 0 Å². The number of carbonyl (C=O) groups excluding carboxylic acids is 2. The molecule has 27 heavy (non-hydrogen) atoms. The highest BCUT2D eigenvalue weighted by atomic mass is 16.2. The molecule has 0 bridgehead atoms. The van der Waals surface area contributed by atoms with Crippen LogP contribution in [0, 0.1) is 6.92 Å². The highest BCUT2D eigenvalue weighted by Crippen LogP contribution is 2.17. The number of fused-ring (bicyclic) bond motifs is 1. The van der Waals surface area contributed by atoms with Crippen molar-refractivity contribution in [2.75, 3.05) is 26.2 Å². The van der Waals surface area contributed by atoms with E-state index in [1.54, 1.807) is 6.33 Å². The molecule has 6 heteroatoms. The van der Waals surface area contributed by atoms with Crippen LogP contribution in [-0.4, -0.2) is 57.3 Å². The molecular formula is C21H22N4O2. The summed E-state index contributed by atoms with van der Waals surface area (Å²) in [4.78, 5) is 33.4. The lowest BCUT2D eigenvalue weighted by atomic mass is 10.1. The van der Waals surface area contributed by atoms with E-state index < -0.39 is 0 Å². The van der Waals surface area contributed by atoms with Crippen LogP contribution in [0.1, 0.15) is 26.3 Å². The second-order valence-electron chi connectivity index (χ2n) is 7.01. The molecule has 0 radical (unpaired) electrons. The lowest BCUT2D eigenvalue weighted by molar-refractivity contribution is 0.0535. The van der Waals surface area contributed by atoms with E-state index in [0.29, 0.717) is 37.3 Å². The van der Waals surface area contributed by atoms with Crippen LogP contribution in [0.3, 0.4) is 0 Å². The molecule has 1 fully saturated rings. The number of carbonyl (C=O) groups is 2. The van der Waals surface area contributed by atoms with E-state index in [-0.39, 0.29) is 11.8 Å². The van der Waals surface area contributed by atoms with E-state index in [4.69, 9.17) is 0 Å². The number of nitrogens with zero attached hydrogens (tertiary/aromatic N) is 4. The summed E-state index contributed by atoms with van der Waals surface area (Å²) in [5.41, 5.74) is 4.23. The van der Waals surface area contributed by atoms with E-state index in [1.165, 1.54) is 0 Å². The van der Waals surface area contributed by atoms with Crippen molar-refractivity contribution in [1.82, 2.24) is 19.4 Å². The second kappa shape index (κ2) is 6.87. The molecule has 2 aromatic carbocycles. The molecule has 138 valence electrons. The highest BCUT2D eigenvalue weighted by molar-refractivity contribution is 5.98. The van der Waals surface area contributed by atoms with Gasteiger partial charge in [-0.05, 0) is 37.3 Å². The largest absolute Gasteiger partial charge is 0.335 e. The average molecular weight is 362 g/mol. The first kappa shape index (κ1) is 17.3. The molecule has 1 aliphatic heterocycles. The van der Waals surface area contributed by atoms with Gasteiger partial charge in [0.15, 0.2) is 0 Å². The van der Waals surface area contributed by atoms with Gasteiger partial charge in [0.25, 0.3) is 11.8 Å². The lowest BCUT2D eigenvalue weighted by Crippen LogP contribution is -2.50. The van der Waals surface area contributed by atoms with Gasteiger partial charge in [-0.15, -0.1) is 0 Å². The number of rotatable bonds is 2. The summed E-state index contributed by atoms with van der Waals surface area (Å²) in [6.45, 7) is 4.15. The zero-order valence-electron chi connectivity index (χ0n) is 15.6. The third-order valence-electron chi connectivity index (χ3n) is 5.09. The predicted octanol–water partition coefficient (Wildman–Crippen LogP) is 2.48. The summed E-state index contributed by atoms with van der Waals surface area (Å²) in [5.74, 6) is 0.0194. The quantitative estimate of drug-likeness (QED) is 0.704. The fourth-order valence-corrected chi connectivity index (χ4v) is 3.53. The molecule has 0 aliphatic carbocycles. The molecule has 6 nitrogen and oxygen atoms in total. The summed E-state index contributed by atoms with van der Waals surface area (Å²) in [5, 5.41) is 0. The minimum absolute atomic E-state index is 0.00907. The zero-order valence-corrected chi connectivity index (χ0v) is 15.6. The molecule has 1 aliphatic rings. The summed E-state index contributed by atoms with van der Waals surface area (Å²) in [6, 6.07) is 13.2. The fraction of sp³-hybridized carbons (Fsp3) is 0.286. The van der Waals surface area contributed by atoms with Crippen LogP contribution in [-0.2, 0) is 7.05 Å². The van der Waals surface area contributed by atoms with Crippen LogP contribution in [0.5, 0.6) is 0 Å². The molecule has 2 heterocycles. The normalized spacial score (nSPS) is 14.6. The Morgan fingerprint density at radius 2 is 1.52 bits per heavy atom. The summed E-state index contributed by atoms with van der Waals surface area (Å²) in [7, 11) is 1.93. The number of piperazine rings is 1. The molecule has 3 aromatic rings. The summed E-state index contributed by atoms with van der Waals surface area (Å²) >= 11 is 0. The third-order valence-corrected chi connectivity index (χ3v) is 5.09. The topological polar surface area (TPSA) is 58.4 Å². The Morgan fingerprint density at radius 1 is 0.889 bits per heavy atom. The molecule has 0 N–H and O–H groups in total. The Morgan fingerprint density at radius 3 is 2.15 bits per heavy atom. The van der Waals surface area contributed by atoms with E-state index >= 15 is 0 Å². The molecule has 0 unspecified atom stereocenters. The van der Waals surface area contributed by atoms with Gasteiger partial charge in [0, 0.05) is 44.4 Å².